The number of carboxylic acid groups (broad SMARTS) is 1. The highest BCUT2D eigenvalue weighted by atomic mass is 35.5. The van der Waals surface area contributed by atoms with Crippen LogP contribution in [0.3, 0.4) is 0 Å². The first kappa shape index (κ1) is 13.8. The van der Waals surface area contributed by atoms with Gasteiger partial charge < -0.3 is 15.6 Å². The van der Waals surface area contributed by atoms with Crippen molar-refractivity contribution in [2.24, 2.45) is 5.73 Å². The molecule has 0 amide bonds. The molecule has 1 unspecified atom stereocenters. The molecule has 0 saturated carbocycles. The van der Waals surface area contributed by atoms with E-state index < -0.39 is 12.0 Å². The summed E-state index contributed by atoms with van der Waals surface area (Å²) in [4.78, 5) is 10.7. The molecule has 0 aliphatic carbocycles. The molecule has 3 N–H and O–H groups in total. The Bertz CT molecular complexity index is 420. The molecule has 0 radical (unpaired) electrons. The van der Waals surface area contributed by atoms with E-state index in [9.17, 15) is 4.79 Å². The first-order valence-corrected chi connectivity index (χ1v) is 5.73. The highest BCUT2D eigenvalue weighted by Gasteiger charge is 2.15. The van der Waals surface area contributed by atoms with Crippen molar-refractivity contribution in [3.63, 3.8) is 0 Å². The number of hydrogen-bond donors (Lipinski definition) is 2. The van der Waals surface area contributed by atoms with Crippen LogP contribution in [0.4, 0.5) is 0 Å². The average molecular weight is 258 g/mol. The van der Waals surface area contributed by atoms with Gasteiger partial charge in [-0.05, 0) is 43.5 Å². The number of halogens is 1. The first-order chi connectivity index (χ1) is 7.95. The quantitative estimate of drug-likeness (QED) is 0.846. The number of aryl methyl sites for hydroxylation is 1. The van der Waals surface area contributed by atoms with Crippen LogP contribution in [0.1, 0.15) is 18.1 Å². The van der Waals surface area contributed by atoms with Gasteiger partial charge in [-0.2, -0.15) is 0 Å². The van der Waals surface area contributed by atoms with Crippen LogP contribution in [0.5, 0.6) is 5.75 Å². The Morgan fingerprint density at radius 3 is 2.76 bits per heavy atom. The summed E-state index contributed by atoms with van der Waals surface area (Å²) in [6.07, 6.45) is 0.257. The Kier molecular flexibility index (Phi) is 4.78. The van der Waals surface area contributed by atoms with E-state index in [2.05, 4.69) is 0 Å². The van der Waals surface area contributed by atoms with Gasteiger partial charge in [0.2, 0.25) is 0 Å². The molecule has 1 aromatic carbocycles. The zero-order valence-corrected chi connectivity index (χ0v) is 10.6. The van der Waals surface area contributed by atoms with Gasteiger partial charge in [-0.3, -0.25) is 4.79 Å². The fourth-order valence-corrected chi connectivity index (χ4v) is 1.75. The lowest BCUT2D eigenvalue weighted by Crippen LogP contribution is -2.32. The Hall–Kier alpha value is -1.26. The third-order valence-corrected chi connectivity index (χ3v) is 2.74. The van der Waals surface area contributed by atoms with E-state index in [-0.39, 0.29) is 6.42 Å². The van der Waals surface area contributed by atoms with Crippen molar-refractivity contribution in [1.82, 2.24) is 0 Å². The van der Waals surface area contributed by atoms with Crippen molar-refractivity contribution in [2.45, 2.75) is 26.3 Å². The van der Waals surface area contributed by atoms with E-state index in [4.69, 9.17) is 27.2 Å². The highest BCUT2D eigenvalue weighted by Crippen LogP contribution is 2.28. The summed E-state index contributed by atoms with van der Waals surface area (Å²) in [5.74, 6) is -0.409. The molecule has 94 valence electrons. The molecule has 0 aromatic heterocycles. The monoisotopic (exact) mass is 257 g/mol. The van der Waals surface area contributed by atoms with Gasteiger partial charge in [0.15, 0.2) is 0 Å². The lowest BCUT2D eigenvalue weighted by Gasteiger charge is -2.13. The average Bonchev–Trinajstić information content (AvgIpc) is 2.25. The number of carboxylic acids is 1. The molecule has 0 aliphatic rings. The Morgan fingerprint density at radius 1 is 1.59 bits per heavy atom. The summed E-state index contributed by atoms with van der Waals surface area (Å²) in [5, 5.41) is 9.24. The summed E-state index contributed by atoms with van der Waals surface area (Å²) < 4.78 is 5.35. The molecule has 0 fully saturated rings. The summed E-state index contributed by atoms with van der Waals surface area (Å²) in [7, 11) is 0. The minimum absolute atomic E-state index is 0.257. The van der Waals surface area contributed by atoms with Crippen molar-refractivity contribution < 1.29 is 14.6 Å². The van der Waals surface area contributed by atoms with E-state index in [0.29, 0.717) is 17.4 Å². The maximum atomic E-state index is 10.7. The lowest BCUT2D eigenvalue weighted by atomic mass is 10.0. The molecular weight excluding hydrogens is 242 g/mol. The number of benzene rings is 1. The number of rotatable bonds is 5. The van der Waals surface area contributed by atoms with Crippen molar-refractivity contribution in [2.75, 3.05) is 6.61 Å². The predicted molar refractivity (Wildman–Crippen MR) is 66.7 cm³/mol. The summed E-state index contributed by atoms with van der Waals surface area (Å²) in [5.41, 5.74) is 7.24. The molecule has 0 saturated heterocycles. The van der Waals surface area contributed by atoms with E-state index >= 15 is 0 Å². The molecule has 1 atom stereocenters. The largest absolute Gasteiger partial charge is 0.492 e. The van der Waals surface area contributed by atoms with Gasteiger partial charge in [-0.1, -0.05) is 11.6 Å². The van der Waals surface area contributed by atoms with Crippen molar-refractivity contribution >= 4 is 17.6 Å². The standard InChI is InChI=1S/C12H16ClNO3/c1-3-17-11-4-7(2)8(5-9(11)13)6-10(14)12(15)16/h4-5,10H,3,6,14H2,1-2H3,(H,15,16). The maximum Gasteiger partial charge on any atom is 0.320 e. The number of hydrogen-bond acceptors (Lipinski definition) is 3. The van der Waals surface area contributed by atoms with E-state index in [1.54, 1.807) is 12.1 Å². The maximum absolute atomic E-state index is 10.7. The van der Waals surface area contributed by atoms with E-state index in [1.165, 1.54) is 0 Å². The SMILES string of the molecule is CCOc1cc(C)c(CC(N)C(=O)O)cc1Cl. The molecule has 0 spiro atoms. The van der Waals surface area contributed by atoms with Crippen LogP contribution < -0.4 is 10.5 Å². The van der Waals surface area contributed by atoms with Crippen molar-refractivity contribution in [1.29, 1.82) is 0 Å². The van der Waals surface area contributed by atoms with E-state index in [0.717, 1.165) is 11.1 Å². The van der Waals surface area contributed by atoms with Crippen molar-refractivity contribution in [3.05, 3.63) is 28.3 Å². The van der Waals surface area contributed by atoms with Crippen LogP contribution in [0.15, 0.2) is 12.1 Å². The lowest BCUT2D eigenvalue weighted by molar-refractivity contribution is -0.138. The van der Waals surface area contributed by atoms with Gasteiger partial charge in [0, 0.05) is 0 Å². The van der Waals surface area contributed by atoms with Gasteiger partial charge in [0.25, 0.3) is 0 Å². The second-order valence-corrected chi connectivity index (χ2v) is 4.20. The molecule has 1 aromatic rings. The van der Waals surface area contributed by atoms with Crippen molar-refractivity contribution in [3.8, 4) is 5.75 Å². The second kappa shape index (κ2) is 5.89. The Balaban J connectivity index is 2.95. The number of carbonyl (C=O) groups is 1. The number of ether oxygens (including phenoxy) is 1. The third-order valence-electron chi connectivity index (χ3n) is 2.45. The molecule has 0 heterocycles. The molecule has 0 bridgehead atoms. The molecule has 4 nitrogen and oxygen atoms in total. The van der Waals surface area contributed by atoms with Gasteiger partial charge in [0.1, 0.15) is 11.8 Å². The smallest absolute Gasteiger partial charge is 0.320 e. The van der Waals surface area contributed by atoms with Gasteiger partial charge in [-0.25, -0.2) is 0 Å². The van der Waals surface area contributed by atoms with Gasteiger partial charge in [-0.15, -0.1) is 0 Å². The van der Waals surface area contributed by atoms with Crippen LogP contribution in [0.25, 0.3) is 0 Å². The van der Waals surface area contributed by atoms with Gasteiger partial charge >= 0.3 is 5.97 Å². The molecule has 17 heavy (non-hydrogen) atoms. The predicted octanol–water partition coefficient (Wildman–Crippen LogP) is 2.00. The molecule has 0 aliphatic heterocycles. The van der Waals surface area contributed by atoms with Crippen LogP contribution in [-0.2, 0) is 11.2 Å². The summed E-state index contributed by atoms with van der Waals surface area (Å²) >= 11 is 6.03. The summed E-state index contributed by atoms with van der Waals surface area (Å²) in [6, 6.07) is 2.60. The second-order valence-electron chi connectivity index (χ2n) is 3.79. The van der Waals surface area contributed by atoms with Crippen LogP contribution >= 0.6 is 11.6 Å². The van der Waals surface area contributed by atoms with Gasteiger partial charge in [0.05, 0.1) is 11.6 Å². The normalized spacial score (nSPS) is 12.2. The fourth-order valence-electron chi connectivity index (χ4n) is 1.51. The highest BCUT2D eigenvalue weighted by molar-refractivity contribution is 6.32. The fraction of sp³-hybridized carbons (Fsp3) is 0.417. The summed E-state index contributed by atoms with van der Waals surface area (Å²) in [6.45, 7) is 4.29. The topological polar surface area (TPSA) is 72.5 Å². The zero-order chi connectivity index (χ0) is 13.0. The Morgan fingerprint density at radius 2 is 2.24 bits per heavy atom. The van der Waals surface area contributed by atoms with Crippen LogP contribution in [0, 0.1) is 6.92 Å². The molecular formula is C12H16ClNO3. The molecule has 5 heteroatoms. The minimum Gasteiger partial charge on any atom is -0.492 e. The first-order valence-electron chi connectivity index (χ1n) is 5.36. The zero-order valence-electron chi connectivity index (χ0n) is 9.87. The van der Waals surface area contributed by atoms with E-state index in [1.807, 2.05) is 13.8 Å². The van der Waals surface area contributed by atoms with Crippen LogP contribution in [-0.4, -0.2) is 23.7 Å². The Labute approximate surface area is 105 Å². The van der Waals surface area contributed by atoms with Crippen LogP contribution in [0.2, 0.25) is 5.02 Å². The number of aliphatic carboxylic acids is 1. The number of nitrogens with two attached hydrogens (primary N) is 1. The molecule has 1 rings (SSSR count). The third kappa shape index (κ3) is 3.61. The minimum atomic E-state index is -1.02.